The van der Waals surface area contributed by atoms with E-state index in [9.17, 15) is 4.79 Å². The van der Waals surface area contributed by atoms with E-state index in [4.69, 9.17) is 22.4 Å². The summed E-state index contributed by atoms with van der Waals surface area (Å²) in [5.74, 6) is 0.739. The first-order chi connectivity index (χ1) is 15.9. The van der Waals surface area contributed by atoms with Crippen LogP contribution in [0.1, 0.15) is 37.9 Å². The summed E-state index contributed by atoms with van der Waals surface area (Å²) in [7, 11) is 0. The summed E-state index contributed by atoms with van der Waals surface area (Å²) in [6.07, 6.45) is 0. The summed E-state index contributed by atoms with van der Waals surface area (Å²) in [6.45, 7) is 7.95. The number of nitrogens with zero attached hydrogens (tertiary/aromatic N) is 4. The van der Waals surface area contributed by atoms with Gasteiger partial charge in [0, 0.05) is 35.2 Å². The molecular formula is C24H27ClN6OS. The van der Waals surface area contributed by atoms with Crippen molar-refractivity contribution >= 4 is 40.9 Å². The zero-order valence-corrected chi connectivity index (χ0v) is 20.5. The quantitative estimate of drug-likeness (QED) is 0.446. The number of benzene rings is 2. The summed E-state index contributed by atoms with van der Waals surface area (Å²) < 4.78 is 1.74. The van der Waals surface area contributed by atoms with Crippen LogP contribution in [0.4, 0.5) is 11.6 Å². The number of rotatable bonds is 8. The van der Waals surface area contributed by atoms with Gasteiger partial charge in [0.25, 0.3) is 0 Å². The second-order valence-corrected chi connectivity index (χ2v) is 9.09. The summed E-state index contributed by atoms with van der Waals surface area (Å²) in [6, 6.07) is 15.5. The maximum Gasteiger partial charge on any atom is 0.248 e. The third kappa shape index (κ3) is 4.72. The Labute approximate surface area is 203 Å². The Morgan fingerprint density at radius 2 is 1.88 bits per heavy atom. The lowest BCUT2D eigenvalue weighted by molar-refractivity contribution is -0.115. The lowest BCUT2D eigenvalue weighted by atomic mass is 9.95. The van der Waals surface area contributed by atoms with Crippen molar-refractivity contribution in [3.05, 3.63) is 76.0 Å². The number of carbonyl (C=O) groups is 1. The number of hydrogen-bond donors (Lipinski definition) is 2. The largest absolute Gasteiger partial charge is 0.372 e. The van der Waals surface area contributed by atoms with Gasteiger partial charge in [0.05, 0.1) is 5.57 Å². The van der Waals surface area contributed by atoms with E-state index in [1.807, 2.05) is 43.3 Å². The molecule has 0 fully saturated rings. The van der Waals surface area contributed by atoms with Crippen LogP contribution < -0.4 is 16.0 Å². The van der Waals surface area contributed by atoms with Crippen molar-refractivity contribution in [2.24, 2.45) is 5.73 Å². The standard InChI is InChI=1S/C24H27ClN6OS/c1-4-30(5-2)18-12-10-16(11-13-18)21-20(22(26)32)15(3)27-23-28-24(29-31(21)23)33-14-17-8-6-7-9-19(17)25/h6-13,21H,4-5,14H2,1-3H3,(H2,26,32)(H,27,28,29)/t21-/m1/s1. The molecule has 0 saturated heterocycles. The smallest absolute Gasteiger partial charge is 0.248 e. The Balaban J connectivity index is 1.67. The predicted octanol–water partition coefficient (Wildman–Crippen LogP) is 4.84. The minimum absolute atomic E-state index is 0.452. The molecule has 1 aliphatic rings. The molecule has 3 aromatic rings. The van der Waals surface area contributed by atoms with Crippen molar-refractivity contribution in [1.29, 1.82) is 0 Å². The molecule has 2 heterocycles. The molecule has 7 nitrogen and oxygen atoms in total. The van der Waals surface area contributed by atoms with Crippen LogP contribution in [-0.2, 0) is 10.5 Å². The van der Waals surface area contributed by atoms with Crippen molar-refractivity contribution < 1.29 is 4.79 Å². The average Bonchev–Trinajstić information content (AvgIpc) is 3.21. The maximum atomic E-state index is 12.4. The number of nitrogens with two attached hydrogens (primary N) is 1. The first kappa shape index (κ1) is 23.2. The molecule has 1 amide bonds. The normalized spacial score (nSPS) is 15.2. The summed E-state index contributed by atoms with van der Waals surface area (Å²) in [5, 5.41) is 9.22. The molecule has 0 bridgehead atoms. The van der Waals surface area contributed by atoms with E-state index in [0.717, 1.165) is 29.9 Å². The second kappa shape index (κ2) is 9.89. The predicted molar refractivity (Wildman–Crippen MR) is 135 cm³/mol. The molecule has 0 spiro atoms. The van der Waals surface area contributed by atoms with Crippen LogP contribution >= 0.6 is 23.4 Å². The molecule has 1 atom stereocenters. The molecular weight excluding hydrogens is 456 g/mol. The number of amides is 1. The van der Waals surface area contributed by atoms with Gasteiger partial charge in [0.15, 0.2) is 0 Å². The number of fused-ring (bicyclic) bond motifs is 1. The minimum Gasteiger partial charge on any atom is -0.372 e. The Kier molecular flexibility index (Phi) is 6.95. The van der Waals surface area contributed by atoms with E-state index in [0.29, 0.717) is 33.2 Å². The number of aromatic nitrogens is 3. The highest BCUT2D eigenvalue weighted by atomic mass is 35.5. The van der Waals surface area contributed by atoms with Gasteiger partial charge < -0.3 is 16.0 Å². The van der Waals surface area contributed by atoms with Crippen LogP contribution in [0.2, 0.25) is 5.02 Å². The molecule has 1 aliphatic heterocycles. The second-order valence-electron chi connectivity index (χ2n) is 7.74. The van der Waals surface area contributed by atoms with Crippen molar-refractivity contribution in [1.82, 2.24) is 14.8 Å². The van der Waals surface area contributed by atoms with Gasteiger partial charge in [-0.15, -0.1) is 5.10 Å². The van der Waals surface area contributed by atoms with E-state index in [1.54, 1.807) is 4.68 Å². The summed E-state index contributed by atoms with van der Waals surface area (Å²) in [4.78, 5) is 19.3. The zero-order valence-electron chi connectivity index (χ0n) is 18.9. The molecule has 3 N–H and O–H groups in total. The highest BCUT2D eigenvalue weighted by Crippen LogP contribution is 2.37. The number of anilines is 2. The molecule has 0 radical (unpaired) electrons. The monoisotopic (exact) mass is 482 g/mol. The Bertz CT molecular complexity index is 1190. The van der Waals surface area contributed by atoms with E-state index in [-0.39, 0.29) is 0 Å². The molecule has 0 unspecified atom stereocenters. The highest BCUT2D eigenvalue weighted by Gasteiger charge is 2.33. The summed E-state index contributed by atoms with van der Waals surface area (Å²) >= 11 is 7.78. The number of carbonyl (C=O) groups excluding carboxylic acids is 1. The SMILES string of the molecule is CCN(CC)c1ccc([C@@H]2C(C(N)=O)=C(C)Nc3nc(SCc4ccccc4Cl)nn32)cc1. The first-order valence-electron chi connectivity index (χ1n) is 10.9. The lowest BCUT2D eigenvalue weighted by Gasteiger charge is -2.28. The topological polar surface area (TPSA) is 89.1 Å². The number of hydrogen-bond acceptors (Lipinski definition) is 6. The molecule has 0 saturated carbocycles. The van der Waals surface area contributed by atoms with Crippen LogP contribution in [0.3, 0.4) is 0 Å². The van der Waals surface area contributed by atoms with Crippen LogP contribution in [0.25, 0.3) is 0 Å². The Morgan fingerprint density at radius 1 is 1.18 bits per heavy atom. The van der Waals surface area contributed by atoms with Gasteiger partial charge in [-0.05, 0) is 50.1 Å². The van der Waals surface area contributed by atoms with Gasteiger partial charge >= 0.3 is 0 Å². The molecule has 1 aromatic heterocycles. The van der Waals surface area contributed by atoms with Crippen molar-refractivity contribution in [3.63, 3.8) is 0 Å². The van der Waals surface area contributed by atoms with E-state index < -0.39 is 11.9 Å². The number of thioether (sulfide) groups is 1. The third-order valence-corrected chi connectivity index (χ3v) is 7.01. The van der Waals surface area contributed by atoms with Crippen molar-refractivity contribution in [2.75, 3.05) is 23.3 Å². The van der Waals surface area contributed by atoms with Gasteiger partial charge in [-0.2, -0.15) is 4.98 Å². The van der Waals surface area contributed by atoms with Crippen LogP contribution in [0.5, 0.6) is 0 Å². The van der Waals surface area contributed by atoms with E-state index in [2.05, 4.69) is 41.2 Å². The fourth-order valence-corrected chi connectivity index (χ4v) is 5.15. The highest BCUT2D eigenvalue weighted by molar-refractivity contribution is 7.98. The van der Waals surface area contributed by atoms with Crippen molar-refractivity contribution in [3.8, 4) is 0 Å². The molecule has 172 valence electrons. The van der Waals surface area contributed by atoms with Crippen LogP contribution in [0.15, 0.2) is 65.0 Å². The van der Waals surface area contributed by atoms with Crippen LogP contribution in [0, 0.1) is 0 Å². The number of allylic oxidation sites excluding steroid dienone is 1. The first-order valence-corrected chi connectivity index (χ1v) is 12.2. The molecule has 9 heteroatoms. The van der Waals surface area contributed by atoms with Crippen molar-refractivity contribution in [2.45, 2.75) is 37.7 Å². The summed E-state index contributed by atoms with van der Waals surface area (Å²) in [5.41, 5.74) is 10.0. The Morgan fingerprint density at radius 3 is 2.52 bits per heavy atom. The Hall–Kier alpha value is -2.97. The minimum atomic E-state index is -0.482. The fourth-order valence-electron chi connectivity index (χ4n) is 4.03. The van der Waals surface area contributed by atoms with Gasteiger partial charge in [0.2, 0.25) is 17.0 Å². The van der Waals surface area contributed by atoms with E-state index in [1.165, 1.54) is 11.8 Å². The van der Waals surface area contributed by atoms with Gasteiger partial charge in [-0.25, -0.2) is 4.68 Å². The molecule has 4 rings (SSSR count). The third-order valence-electron chi connectivity index (χ3n) is 5.75. The fraction of sp³-hybridized carbons (Fsp3) is 0.292. The van der Waals surface area contributed by atoms with Gasteiger partial charge in [-0.1, -0.05) is 53.7 Å². The van der Waals surface area contributed by atoms with Crippen LogP contribution in [-0.4, -0.2) is 33.8 Å². The molecule has 2 aromatic carbocycles. The number of nitrogens with one attached hydrogen (secondary N) is 1. The van der Waals surface area contributed by atoms with Gasteiger partial charge in [-0.3, -0.25) is 4.79 Å². The molecule has 0 aliphatic carbocycles. The molecule has 33 heavy (non-hydrogen) atoms. The number of halogens is 1. The maximum absolute atomic E-state index is 12.4. The zero-order chi connectivity index (χ0) is 23.5. The van der Waals surface area contributed by atoms with E-state index >= 15 is 0 Å². The number of primary amides is 1. The van der Waals surface area contributed by atoms with Gasteiger partial charge in [0.1, 0.15) is 6.04 Å². The average molecular weight is 483 g/mol. The lowest BCUT2D eigenvalue weighted by Crippen LogP contribution is -2.32.